The fourth-order valence-electron chi connectivity index (χ4n) is 7.92. The van der Waals surface area contributed by atoms with E-state index in [1.807, 2.05) is 0 Å². The highest BCUT2D eigenvalue weighted by molar-refractivity contribution is 5.71. The van der Waals surface area contributed by atoms with Crippen LogP contribution in [0, 0.1) is 0 Å². The first-order chi connectivity index (χ1) is 28.5. The SMILES string of the molecule is CCCCCCCCCCCCCCCCCCC(=O)OC[C@H](COC(=O)CCCCCCCCCCCC)OC(=O)CCCCCCCCCCCCCCCC. The van der Waals surface area contributed by atoms with E-state index >= 15 is 0 Å². The lowest BCUT2D eigenvalue weighted by Crippen LogP contribution is -2.30. The van der Waals surface area contributed by atoms with Gasteiger partial charge in [0.15, 0.2) is 6.10 Å². The Bertz CT molecular complexity index is 859. The van der Waals surface area contributed by atoms with E-state index in [1.165, 1.54) is 199 Å². The fourth-order valence-corrected chi connectivity index (χ4v) is 7.92. The molecule has 6 nitrogen and oxygen atoms in total. The van der Waals surface area contributed by atoms with Crippen molar-refractivity contribution in [1.29, 1.82) is 0 Å². The lowest BCUT2D eigenvalue weighted by molar-refractivity contribution is -0.167. The van der Waals surface area contributed by atoms with E-state index in [2.05, 4.69) is 20.8 Å². The quantitative estimate of drug-likeness (QED) is 0.0346. The number of esters is 3. The largest absolute Gasteiger partial charge is 0.462 e. The van der Waals surface area contributed by atoms with E-state index in [9.17, 15) is 14.4 Å². The van der Waals surface area contributed by atoms with Gasteiger partial charge in [-0.25, -0.2) is 0 Å². The van der Waals surface area contributed by atoms with Crippen LogP contribution in [0.25, 0.3) is 0 Å². The molecule has 0 aliphatic carbocycles. The molecule has 0 unspecified atom stereocenters. The Balaban J connectivity index is 4.27. The summed E-state index contributed by atoms with van der Waals surface area (Å²) in [5.74, 6) is -0.842. The van der Waals surface area contributed by atoms with Crippen molar-refractivity contribution in [3.63, 3.8) is 0 Å². The summed E-state index contributed by atoms with van der Waals surface area (Å²) < 4.78 is 16.8. The zero-order chi connectivity index (χ0) is 42.3. The molecule has 0 spiro atoms. The first-order valence-corrected chi connectivity index (χ1v) is 26.0. The molecule has 0 aromatic heterocycles. The van der Waals surface area contributed by atoms with Crippen molar-refractivity contribution in [2.45, 2.75) is 303 Å². The second-order valence-corrected chi connectivity index (χ2v) is 17.8. The molecule has 58 heavy (non-hydrogen) atoms. The van der Waals surface area contributed by atoms with E-state index in [1.54, 1.807) is 0 Å². The predicted molar refractivity (Wildman–Crippen MR) is 247 cm³/mol. The molecule has 0 radical (unpaired) electrons. The summed E-state index contributed by atoms with van der Waals surface area (Å²) in [6.45, 7) is 6.67. The molecule has 0 aromatic carbocycles. The van der Waals surface area contributed by atoms with Gasteiger partial charge in [0.1, 0.15) is 13.2 Å². The summed E-state index contributed by atoms with van der Waals surface area (Å²) in [7, 11) is 0. The summed E-state index contributed by atoms with van der Waals surface area (Å²) >= 11 is 0. The molecule has 0 amide bonds. The van der Waals surface area contributed by atoms with Crippen molar-refractivity contribution in [3.8, 4) is 0 Å². The molecule has 0 bridgehead atoms. The van der Waals surface area contributed by atoms with Gasteiger partial charge >= 0.3 is 17.9 Å². The maximum absolute atomic E-state index is 12.8. The Morgan fingerprint density at radius 3 is 0.690 bits per heavy atom. The van der Waals surface area contributed by atoms with E-state index in [0.717, 1.165) is 57.8 Å². The van der Waals surface area contributed by atoms with Crippen molar-refractivity contribution in [2.75, 3.05) is 13.2 Å². The second kappa shape index (κ2) is 48.1. The Hall–Kier alpha value is -1.59. The molecular weight excluding hydrogens is 721 g/mol. The second-order valence-electron chi connectivity index (χ2n) is 17.8. The van der Waals surface area contributed by atoms with Gasteiger partial charge in [-0.05, 0) is 19.3 Å². The number of carbonyl (C=O) groups is 3. The molecule has 0 rings (SSSR count). The van der Waals surface area contributed by atoms with Gasteiger partial charge in [-0.1, -0.05) is 258 Å². The number of carbonyl (C=O) groups excluding carboxylic acids is 3. The van der Waals surface area contributed by atoms with Gasteiger partial charge < -0.3 is 14.2 Å². The molecule has 6 heteroatoms. The van der Waals surface area contributed by atoms with Crippen LogP contribution < -0.4 is 0 Å². The van der Waals surface area contributed by atoms with Crippen LogP contribution in [0.1, 0.15) is 297 Å². The third-order valence-electron chi connectivity index (χ3n) is 11.9. The third-order valence-corrected chi connectivity index (χ3v) is 11.9. The maximum atomic E-state index is 12.8. The molecule has 0 fully saturated rings. The Morgan fingerprint density at radius 2 is 0.466 bits per heavy atom. The number of ether oxygens (including phenoxy) is 3. The van der Waals surface area contributed by atoms with Gasteiger partial charge in [0.05, 0.1) is 0 Å². The van der Waals surface area contributed by atoms with E-state index in [4.69, 9.17) is 14.2 Å². The van der Waals surface area contributed by atoms with Crippen molar-refractivity contribution in [1.82, 2.24) is 0 Å². The first kappa shape index (κ1) is 56.4. The number of hydrogen-bond donors (Lipinski definition) is 0. The summed E-state index contributed by atoms with van der Waals surface area (Å²) in [4.78, 5) is 37.9. The van der Waals surface area contributed by atoms with Crippen LogP contribution in [0.4, 0.5) is 0 Å². The lowest BCUT2D eigenvalue weighted by Gasteiger charge is -2.18. The van der Waals surface area contributed by atoms with Crippen molar-refractivity contribution in [2.24, 2.45) is 0 Å². The molecule has 0 aliphatic rings. The summed E-state index contributed by atoms with van der Waals surface area (Å²) in [6, 6.07) is 0. The average Bonchev–Trinajstić information content (AvgIpc) is 3.22. The van der Waals surface area contributed by atoms with Crippen molar-refractivity contribution < 1.29 is 28.6 Å². The zero-order valence-corrected chi connectivity index (χ0v) is 39.3. The topological polar surface area (TPSA) is 78.9 Å². The highest BCUT2D eigenvalue weighted by atomic mass is 16.6. The molecule has 0 N–H and O–H groups in total. The summed E-state index contributed by atoms with van der Waals surface area (Å²) in [5.41, 5.74) is 0. The van der Waals surface area contributed by atoms with Gasteiger partial charge in [-0.15, -0.1) is 0 Å². The highest BCUT2D eigenvalue weighted by Crippen LogP contribution is 2.17. The molecule has 0 saturated carbocycles. The minimum absolute atomic E-state index is 0.0618. The first-order valence-electron chi connectivity index (χ1n) is 26.0. The average molecular weight is 821 g/mol. The molecule has 0 aromatic rings. The molecule has 0 aliphatic heterocycles. The van der Waals surface area contributed by atoms with Crippen molar-refractivity contribution in [3.05, 3.63) is 0 Å². The van der Waals surface area contributed by atoms with Crippen LogP contribution in [-0.2, 0) is 28.6 Å². The predicted octanol–water partition coefficient (Wildman–Crippen LogP) is 16.8. The van der Waals surface area contributed by atoms with Gasteiger partial charge in [0.2, 0.25) is 0 Å². The van der Waals surface area contributed by atoms with Gasteiger partial charge in [-0.3, -0.25) is 14.4 Å². The van der Waals surface area contributed by atoms with Crippen LogP contribution in [0.3, 0.4) is 0 Å². The minimum Gasteiger partial charge on any atom is -0.462 e. The maximum Gasteiger partial charge on any atom is 0.306 e. The van der Waals surface area contributed by atoms with E-state index in [0.29, 0.717) is 19.3 Å². The van der Waals surface area contributed by atoms with Crippen LogP contribution in [0.5, 0.6) is 0 Å². The molecule has 344 valence electrons. The molecule has 0 saturated heterocycles. The summed E-state index contributed by atoms with van der Waals surface area (Å²) in [5, 5.41) is 0. The fraction of sp³-hybridized carbons (Fsp3) is 0.942. The van der Waals surface area contributed by atoms with Crippen molar-refractivity contribution >= 4 is 17.9 Å². The van der Waals surface area contributed by atoms with E-state index in [-0.39, 0.29) is 31.1 Å². The Labute approximate surface area is 361 Å². The number of rotatable bonds is 48. The van der Waals surface area contributed by atoms with E-state index < -0.39 is 6.10 Å². The normalized spacial score (nSPS) is 11.8. The highest BCUT2D eigenvalue weighted by Gasteiger charge is 2.19. The summed E-state index contributed by atoms with van der Waals surface area (Å²) in [6.07, 6.45) is 50.8. The van der Waals surface area contributed by atoms with Gasteiger partial charge in [0, 0.05) is 19.3 Å². The molecular formula is C52H100O6. The molecule has 1 atom stereocenters. The number of unbranched alkanes of at least 4 members (excludes halogenated alkanes) is 37. The van der Waals surface area contributed by atoms with Crippen LogP contribution in [0.2, 0.25) is 0 Å². The van der Waals surface area contributed by atoms with Crippen LogP contribution in [-0.4, -0.2) is 37.2 Å². The smallest absolute Gasteiger partial charge is 0.306 e. The third kappa shape index (κ3) is 45.5. The standard InChI is InChI=1S/C52H100O6/c1-4-7-10-13-16-19-22-24-26-27-29-30-33-36-39-42-45-51(54)57-48-49(47-56-50(53)44-41-38-35-32-21-18-15-12-9-6-3)58-52(55)46-43-40-37-34-31-28-25-23-20-17-14-11-8-5-2/h49H,4-48H2,1-3H3/t49-/m0/s1. The minimum atomic E-state index is -0.759. The van der Waals surface area contributed by atoms with Gasteiger partial charge in [0.25, 0.3) is 0 Å². The monoisotopic (exact) mass is 821 g/mol. The van der Waals surface area contributed by atoms with Gasteiger partial charge in [-0.2, -0.15) is 0 Å². The van der Waals surface area contributed by atoms with Crippen LogP contribution in [0.15, 0.2) is 0 Å². The Kier molecular flexibility index (Phi) is 46.8. The zero-order valence-electron chi connectivity index (χ0n) is 39.3. The Morgan fingerprint density at radius 1 is 0.276 bits per heavy atom. The molecule has 0 heterocycles. The van der Waals surface area contributed by atoms with Crippen LogP contribution >= 0.6 is 0 Å². The lowest BCUT2D eigenvalue weighted by atomic mass is 10.0. The number of hydrogen-bond acceptors (Lipinski definition) is 6.